The zero-order valence-corrected chi connectivity index (χ0v) is 8.92. The van der Waals surface area contributed by atoms with E-state index in [9.17, 15) is 10.1 Å². The van der Waals surface area contributed by atoms with Crippen LogP contribution in [0, 0.1) is 10.1 Å². The topological polar surface area (TPSA) is 52.4 Å². The summed E-state index contributed by atoms with van der Waals surface area (Å²) in [6.07, 6.45) is 0. The number of benzene rings is 1. The Bertz CT molecular complexity index is 356. The van der Waals surface area contributed by atoms with Crippen molar-refractivity contribution in [3.05, 3.63) is 31.7 Å². The fourth-order valence-electron chi connectivity index (χ4n) is 0.857. The molecule has 13 heavy (non-hydrogen) atoms. The highest BCUT2D eigenvalue weighted by Gasteiger charge is 2.21. The van der Waals surface area contributed by atoms with E-state index in [2.05, 4.69) is 15.9 Å². The number of hydrogen-bond donors (Lipinski definition) is 0. The second-order valence-corrected chi connectivity index (χ2v) is 3.40. The van der Waals surface area contributed by atoms with Crippen molar-refractivity contribution in [2.24, 2.45) is 0 Å². The van der Waals surface area contributed by atoms with Crippen molar-refractivity contribution in [1.82, 2.24) is 0 Å². The van der Waals surface area contributed by atoms with Crippen LogP contribution >= 0.6 is 27.5 Å². The molecule has 70 valence electrons. The Kier molecular flexibility index (Phi) is 3.11. The molecular formula is C7H5BrClNO3. The number of nitrogens with zero attached hydrogens (tertiary/aromatic N) is 1. The fraction of sp³-hybridized carbons (Fsp3) is 0.143. The third-order valence-corrected chi connectivity index (χ3v) is 2.71. The number of methoxy groups -OCH3 is 1. The van der Waals surface area contributed by atoms with Gasteiger partial charge in [-0.15, -0.1) is 0 Å². The molecule has 0 saturated carbocycles. The van der Waals surface area contributed by atoms with E-state index in [-0.39, 0.29) is 16.5 Å². The van der Waals surface area contributed by atoms with Gasteiger partial charge in [-0.2, -0.15) is 0 Å². The van der Waals surface area contributed by atoms with Gasteiger partial charge in [0.05, 0.1) is 12.0 Å². The van der Waals surface area contributed by atoms with E-state index in [4.69, 9.17) is 16.3 Å². The van der Waals surface area contributed by atoms with Crippen LogP contribution in [-0.2, 0) is 0 Å². The second-order valence-electron chi connectivity index (χ2n) is 2.17. The summed E-state index contributed by atoms with van der Waals surface area (Å²) in [5, 5.41) is 10.6. The minimum atomic E-state index is -0.577. The quantitative estimate of drug-likeness (QED) is 0.611. The van der Waals surface area contributed by atoms with Crippen LogP contribution in [0.3, 0.4) is 0 Å². The van der Waals surface area contributed by atoms with Gasteiger partial charge in [-0.05, 0) is 28.1 Å². The van der Waals surface area contributed by atoms with Gasteiger partial charge in [-0.1, -0.05) is 11.6 Å². The summed E-state index contributed by atoms with van der Waals surface area (Å²) in [5.74, 6) is 0.151. The van der Waals surface area contributed by atoms with E-state index in [0.717, 1.165) is 0 Å². The maximum Gasteiger partial charge on any atom is 0.330 e. The van der Waals surface area contributed by atoms with Crippen LogP contribution in [-0.4, -0.2) is 12.0 Å². The summed E-state index contributed by atoms with van der Waals surface area (Å²) in [4.78, 5) is 10.00. The van der Waals surface area contributed by atoms with Crippen molar-refractivity contribution >= 4 is 33.2 Å². The zero-order chi connectivity index (χ0) is 10.0. The van der Waals surface area contributed by atoms with Crippen molar-refractivity contribution in [2.45, 2.75) is 0 Å². The van der Waals surface area contributed by atoms with Crippen molar-refractivity contribution in [2.75, 3.05) is 7.11 Å². The third kappa shape index (κ3) is 1.92. The lowest BCUT2D eigenvalue weighted by molar-refractivity contribution is -0.385. The highest BCUT2D eigenvalue weighted by molar-refractivity contribution is 9.10. The van der Waals surface area contributed by atoms with E-state index < -0.39 is 4.92 Å². The molecule has 0 unspecified atom stereocenters. The van der Waals surface area contributed by atoms with E-state index in [0.29, 0.717) is 4.47 Å². The summed E-state index contributed by atoms with van der Waals surface area (Å²) >= 11 is 8.79. The molecule has 0 spiro atoms. The second kappa shape index (κ2) is 3.93. The first-order valence-electron chi connectivity index (χ1n) is 3.24. The Balaban J connectivity index is 3.41. The number of nitro groups is 1. The number of nitro benzene ring substituents is 1. The fourth-order valence-corrected chi connectivity index (χ4v) is 1.40. The molecule has 1 aromatic rings. The van der Waals surface area contributed by atoms with Crippen LogP contribution in [0.4, 0.5) is 5.69 Å². The Morgan fingerprint density at radius 1 is 1.62 bits per heavy atom. The molecule has 0 N–H and O–H groups in total. The monoisotopic (exact) mass is 265 g/mol. The first-order valence-corrected chi connectivity index (χ1v) is 4.41. The van der Waals surface area contributed by atoms with Gasteiger partial charge < -0.3 is 4.74 Å². The molecular weight excluding hydrogens is 261 g/mol. The number of hydrogen-bond acceptors (Lipinski definition) is 3. The van der Waals surface area contributed by atoms with E-state index in [1.54, 1.807) is 6.07 Å². The summed E-state index contributed by atoms with van der Waals surface area (Å²) in [6, 6.07) is 3.07. The van der Waals surface area contributed by atoms with E-state index >= 15 is 0 Å². The van der Waals surface area contributed by atoms with Gasteiger partial charge in [0, 0.05) is 4.47 Å². The lowest BCUT2D eigenvalue weighted by Crippen LogP contribution is -1.94. The molecule has 0 bridgehead atoms. The van der Waals surface area contributed by atoms with Crippen molar-refractivity contribution in [1.29, 1.82) is 0 Å². The smallest absolute Gasteiger partial charge is 0.330 e. The largest absolute Gasteiger partial charge is 0.490 e. The van der Waals surface area contributed by atoms with Gasteiger partial charge in [0.1, 0.15) is 5.02 Å². The molecule has 0 fully saturated rings. The number of rotatable bonds is 2. The maximum atomic E-state index is 10.6. The summed E-state index contributed by atoms with van der Waals surface area (Å²) < 4.78 is 5.27. The van der Waals surface area contributed by atoms with Crippen LogP contribution in [0.1, 0.15) is 0 Å². The van der Waals surface area contributed by atoms with Crippen LogP contribution in [0.2, 0.25) is 5.02 Å². The first kappa shape index (κ1) is 10.3. The lowest BCUT2D eigenvalue weighted by atomic mass is 10.3. The van der Waals surface area contributed by atoms with E-state index in [1.807, 2.05) is 0 Å². The molecule has 0 atom stereocenters. The minimum Gasteiger partial charge on any atom is -0.490 e. The molecule has 0 saturated heterocycles. The Hall–Kier alpha value is -0.810. The van der Waals surface area contributed by atoms with Crippen molar-refractivity contribution < 1.29 is 9.66 Å². The predicted molar refractivity (Wildman–Crippen MR) is 52.4 cm³/mol. The van der Waals surface area contributed by atoms with Crippen LogP contribution < -0.4 is 4.74 Å². The van der Waals surface area contributed by atoms with Gasteiger partial charge in [-0.3, -0.25) is 10.1 Å². The average Bonchev–Trinajstić information content (AvgIpc) is 2.08. The zero-order valence-electron chi connectivity index (χ0n) is 6.58. The van der Waals surface area contributed by atoms with E-state index in [1.165, 1.54) is 13.2 Å². The van der Waals surface area contributed by atoms with Gasteiger partial charge in [0.2, 0.25) is 0 Å². The first-order chi connectivity index (χ1) is 6.07. The van der Waals surface area contributed by atoms with Crippen LogP contribution in [0.5, 0.6) is 5.75 Å². The standard InChI is InChI=1S/C7H5BrClNO3/c1-13-5-3-2-4(8)6(9)7(5)10(11)12/h2-3H,1H3. The van der Waals surface area contributed by atoms with Crippen molar-refractivity contribution in [3.63, 3.8) is 0 Å². The van der Waals surface area contributed by atoms with Gasteiger partial charge in [0.15, 0.2) is 5.75 Å². The molecule has 0 aliphatic rings. The highest BCUT2D eigenvalue weighted by Crippen LogP contribution is 2.39. The Labute approximate surface area is 87.7 Å². The number of halogens is 2. The van der Waals surface area contributed by atoms with Crippen molar-refractivity contribution in [3.8, 4) is 5.75 Å². The summed E-state index contributed by atoms with van der Waals surface area (Å²) in [5.41, 5.74) is -0.224. The Morgan fingerprint density at radius 2 is 2.23 bits per heavy atom. The predicted octanol–water partition coefficient (Wildman–Crippen LogP) is 3.02. The number of ether oxygens (including phenoxy) is 1. The van der Waals surface area contributed by atoms with Crippen LogP contribution in [0.15, 0.2) is 16.6 Å². The average molecular weight is 266 g/mol. The van der Waals surface area contributed by atoms with Gasteiger partial charge in [0.25, 0.3) is 0 Å². The molecule has 0 aliphatic heterocycles. The van der Waals surface area contributed by atoms with Gasteiger partial charge >= 0.3 is 5.69 Å². The molecule has 4 nitrogen and oxygen atoms in total. The highest BCUT2D eigenvalue weighted by atomic mass is 79.9. The third-order valence-electron chi connectivity index (χ3n) is 1.43. The maximum absolute atomic E-state index is 10.6. The molecule has 1 rings (SSSR count). The molecule has 0 aliphatic carbocycles. The Morgan fingerprint density at radius 3 is 2.69 bits per heavy atom. The SMILES string of the molecule is COc1ccc(Br)c(Cl)c1[N+](=O)[O-]. The molecule has 0 heterocycles. The molecule has 6 heteroatoms. The molecule has 0 amide bonds. The minimum absolute atomic E-state index is 0.0457. The normalized spacial score (nSPS) is 9.77. The molecule has 0 aromatic heterocycles. The summed E-state index contributed by atoms with van der Waals surface area (Å²) in [7, 11) is 1.35. The van der Waals surface area contributed by atoms with Gasteiger partial charge in [-0.25, -0.2) is 0 Å². The molecule has 1 aromatic carbocycles. The lowest BCUT2D eigenvalue weighted by Gasteiger charge is -2.03. The van der Waals surface area contributed by atoms with Crippen LogP contribution in [0.25, 0.3) is 0 Å². The molecule has 0 radical (unpaired) electrons. The summed E-state index contributed by atoms with van der Waals surface area (Å²) in [6.45, 7) is 0.